The summed E-state index contributed by atoms with van der Waals surface area (Å²) in [6.07, 6.45) is 3.99. The second-order valence-electron chi connectivity index (χ2n) is 5.23. The number of hydrogen-bond acceptors (Lipinski definition) is 3. The first-order valence-electron chi connectivity index (χ1n) is 6.94. The third-order valence-corrected chi connectivity index (χ3v) is 4.14. The van der Waals surface area contributed by atoms with Crippen molar-refractivity contribution in [3.63, 3.8) is 0 Å². The van der Waals surface area contributed by atoms with Gasteiger partial charge in [-0.3, -0.25) is 0 Å². The lowest BCUT2D eigenvalue weighted by Gasteiger charge is -2.32. The van der Waals surface area contributed by atoms with Gasteiger partial charge in [-0.25, -0.2) is 0 Å². The van der Waals surface area contributed by atoms with Crippen molar-refractivity contribution in [1.82, 2.24) is 10.2 Å². The normalized spacial score (nSPS) is 20.5. The van der Waals surface area contributed by atoms with Crippen molar-refractivity contribution in [2.75, 3.05) is 27.2 Å². The van der Waals surface area contributed by atoms with Crippen LogP contribution >= 0.6 is 11.6 Å². The van der Waals surface area contributed by atoms with Gasteiger partial charge in [0.25, 0.3) is 0 Å². The fraction of sp³-hybridized carbons (Fsp3) is 0.600. The van der Waals surface area contributed by atoms with Gasteiger partial charge in [0.05, 0.1) is 12.1 Å². The minimum absolute atomic E-state index is 0.669. The molecule has 1 saturated heterocycles. The molecule has 1 heterocycles. The molecule has 106 valence electrons. The molecule has 0 bridgehead atoms. The quantitative estimate of drug-likeness (QED) is 0.899. The van der Waals surface area contributed by atoms with E-state index in [1.807, 2.05) is 12.1 Å². The number of benzene rings is 1. The largest absolute Gasteiger partial charge is 0.495 e. The predicted octanol–water partition coefficient (Wildman–Crippen LogP) is 2.92. The van der Waals surface area contributed by atoms with Crippen molar-refractivity contribution >= 4 is 11.6 Å². The molecule has 3 nitrogen and oxygen atoms in total. The molecule has 0 amide bonds. The van der Waals surface area contributed by atoms with Gasteiger partial charge in [0, 0.05) is 19.1 Å². The summed E-state index contributed by atoms with van der Waals surface area (Å²) in [6, 6.07) is 6.62. The van der Waals surface area contributed by atoms with E-state index >= 15 is 0 Å². The van der Waals surface area contributed by atoms with Crippen LogP contribution in [0.4, 0.5) is 0 Å². The van der Waals surface area contributed by atoms with E-state index in [9.17, 15) is 0 Å². The molecule has 19 heavy (non-hydrogen) atoms. The Hall–Kier alpha value is -0.770. The van der Waals surface area contributed by atoms with E-state index in [-0.39, 0.29) is 0 Å². The van der Waals surface area contributed by atoms with Gasteiger partial charge in [-0.15, -0.1) is 0 Å². The highest BCUT2D eigenvalue weighted by atomic mass is 35.5. The van der Waals surface area contributed by atoms with Crippen LogP contribution in [-0.2, 0) is 6.54 Å². The van der Waals surface area contributed by atoms with Crippen LogP contribution in [-0.4, -0.2) is 38.2 Å². The molecule has 1 unspecified atom stereocenters. The number of likely N-dealkylation sites (N-methyl/N-ethyl adjacent to an activating group) is 1. The third-order valence-electron chi connectivity index (χ3n) is 3.85. The third kappa shape index (κ3) is 4.10. The van der Waals surface area contributed by atoms with Crippen molar-refractivity contribution < 1.29 is 4.74 Å². The Balaban J connectivity index is 1.80. The number of likely N-dealkylation sites (tertiary alicyclic amines) is 1. The molecule has 0 radical (unpaired) electrons. The van der Waals surface area contributed by atoms with Crippen molar-refractivity contribution in [1.29, 1.82) is 0 Å². The van der Waals surface area contributed by atoms with Gasteiger partial charge < -0.3 is 15.0 Å². The van der Waals surface area contributed by atoms with Gasteiger partial charge in [0.2, 0.25) is 0 Å². The summed E-state index contributed by atoms with van der Waals surface area (Å²) in [5.74, 6) is 0.734. The fourth-order valence-corrected chi connectivity index (χ4v) is 2.89. The first kappa shape index (κ1) is 14.6. The van der Waals surface area contributed by atoms with E-state index in [0.29, 0.717) is 11.1 Å². The standard InChI is InChI=1S/C15H23ClN2O/c1-18-8-4-3-5-13(18)11-17-10-12-6-7-15(19-2)14(16)9-12/h6-7,9,13,17H,3-5,8,10-11H2,1-2H3. The van der Waals surface area contributed by atoms with Crippen LogP contribution < -0.4 is 10.1 Å². The Morgan fingerprint density at radius 1 is 1.42 bits per heavy atom. The van der Waals surface area contributed by atoms with Gasteiger partial charge in [-0.1, -0.05) is 24.1 Å². The summed E-state index contributed by atoms with van der Waals surface area (Å²) in [5.41, 5.74) is 1.20. The lowest BCUT2D eigenvalue weighted by Crippen LogP contribution is -2.42. The first-order valence-corrected chi connectivity index (χ1v) is 7.32. The molecule has 0 aromatic heterocycles. The molecule has 1 aliphatic rings. The minimum Gasteiger partial charge on any atom is -0.495 e. The Bertz CT molecular complexity index is 411. The predicted molar refractivity (Wildman–Crippen MR) is 80.0 cm³/mol. The molecule has 4 heteroatoms. The van der Waals surface area contributed by atoms with Gasteiger partial charge in [-0.2, -0.15) is 0 Å². The lowest BCUT2D eigenvalue weighted by atomic mass is 10.0. The highest BCUT2D eigenvalue weighted by Gasteiger charge is 2.17. The van der Waals surface area contributed by atoms with Crippen molar-refractivity contribution in [3.05, 3.63) is 28.8 Å². The van der Waals surface area contributed by atoms with Gasteiger partial charge >= 0.3 is 0 Å². The maximum absolute atomic E-state index is 6.12. The first-order chi connectivity index (χ1) is 9.20. The summed E-state index contributed by atoms with van der Waals surface area (Å²) >= 11 is 6.12. The zero-order chi connectivity index (χ0) is 13.7. The van der Waals surface area contributed by atoms with Gasteiger partial charge in [-0.05, 0) is 44.1 Å². The van der Waals surface area contributed by atoms with Crippen LogP contribution in [0.15, 0.2) is 18.2 Å². The monoisotopic (exact) mass is 282 g/mol. The van der Waals surface area contributed by atoms with Crippen LogP contribution in [0.2, 0.25) is 5.02 Å². The van der Waals surface area contributed by atoms with Crippen molar-refractivity contribution in [2.45, 2.75) is 31.8 Å². The number of halogens is 1. The number of hydrogen-bond donors (Lipinski definition) is 1. The Labute approximate surface area is 120 Å². The number of ether oxygens (including phenoxy) is 1. The fourth-order valence-electron chi connectivity index (χ4n) is 2.60. The second-order valence-corrected chi connectivity index (χ2v) is 5.64. The molecule has 0 saturated carbocycles. The molecule has 0 spiro atoms. The molecule has 0 aliphatic carbocycles. The molecule has 1 aromatic rings. The minimum atomic E-state index is 0.669. The molecule has 1 aromatic carbocycles. The SMILES string of the molecule is COc1ccc(CNCC2CCCCN2C)cc1Cl. The number of piperidine rings is 1. The number of methoxy groups -OCH3 is 1. The molecular formula is C15H23ClN2O. The zero-order valence-electron chi connectivity index (χ0n) is 11.8. The van der Waals surface area contributed by atoms with Crippen LogP contribution in [0.3, 0.4) is 0 Å². The Morgan fingerprint density at radius 3 is 2.95 bits per heavy atom. The smallest absolute Gasteiger partial charge is 0.137 e. The van der Waals surface area contributed by atoms with Crippen LogP contribution in [0.5, 0.6) is 5.75 Å². The average molecular weight is 283 g/mol. The number of rotatable bonds is 5. The summed E-state index contributed by atoms with van der Waals surface area (Å²) < 4.78 is 5.15. The molecule has 1 N–H and O–H groups in total. The Kier molecular flexibility index (Phi) is 5.49. The Morgan fingerprint density at radius 2 is 2.26 bits per heavy atom. The topological polar surface area (TPSA) is 24.5 Å². The summed E-state index contributed by atoms with van der Waals surface area (Å²) in [4.78, 5) is 2.46. The van der Waals surface area contributed by atoms with Crippen LogP contribution in [0.1, 0.15) is 24.8 Å². The highest BCUT2D eigenvalue weighted by Crippen LogP contribution is 2.24. The van der Waals surface area contributed by atoms with Crippen LogP contribution in [0, 0.1) is 0 Å². The van der Waals surface area contributed by atoms with Crippen molar-refractivity contribution in [2.24, 2.45) is 0 Å². The zero-order valence-corrected chi connectivity index (χ0v) is 12.5. The van der Waals surface area contributed by atoms with Gasteiger partial charge in [0.15, 0.2) is 0 Å². The molecule has 1 atom stereocenters. The van der Waals surface area contributed by atoms with E-state index in [0.717, 1.165) is 18.8 Å². The second kappa shape index (κ2) is 7.13. The molecule has 1 aliphatic heterocycles. The number of nitrogens with zero attached hydrogens (tertiary/aromatic N) is 1. The van der Waals surface area contributed by atoms with E-state index < -0.39 is 0 Å². The molecular weight excluding hydrogens is 260 g/mol. The summed E-state index contributed by atoms with van der Waals surface area (Å²) in [5, 5.41) is 4.20. The lowest BCUT2D eigenvalue weighted by molar-refractivity contribution is 0.181. The average Bonchev–Trinajstić information content (AvgIpc) is 2.41. The van der Waals surface area contributed by atoms with E-state index in [1.54, 1.807) is 7.11 Å². The van der Waals surface area contributed by atoms with E-state index in [4.69, 9.17) is 16.3 Å². The molecule has 1 fully saturated rings. The maximum atomic E-state index is 6.12. The summed E-state index contributed by atoms with van der Waals surface area (Å²) in [7, 11) is 3.85. The number of nitrogens with one attached hydrogen (secondary N) is 1. The van der Waals surface area contributed by atoms with E-state index in [1.165, 1.54) is 31.4 Å². The highest BCUT2D eigenvalue weighted by molar-refractivity contribution is 6.32. The van der Waals surface area contributed by atoms with Crippen molar-refractivity contribution in [3.8, 4) is 5.75 Å². The van der Waals surface area contributed by atoms with Gasteiger partial charge in [0.1, 0.15) is 5.75 Å². The molecule has 2 rings (SSSR count). The summed E-state index contributed by atoms with van der Waals surface area (Å²) in [6.45, 7) is 3.12. The van der Waals surface area contributed by atoms with E-state index in [2.05, 4.69) is 23.3 Å². The van der Waals surface area contributed by atoms with Crippen LogP contribution in [0.25, 0.3) is 0 Å². The maximum Gasteiger partial charge on any atom is 0.137 e.